The quantitative estimate of drug-likeness (QED) is 0.686. The predicted molar refractivity (Wildman–Crippen MR) is 96.6 cm³/mol. The first-order chi connectivity index (χ1) is 11.5. The first kappa shape index (κ1) is 17.0. The summed E-state index contributed by atoms with van der Waals surface area (Å²) in [5, 5.41) is 6.57. The van der Waals surface area contributed by atoms with Crippen LogP contribution in [0.3, 0.4) is 0 Å². The first-order valence-corrected chi connectivity index (χ1v) is 8.86. The second-order valence-electron chi connectivity index (χ2n) is 5.24. The minimum absolute atomic E-state index is 0.117. The Morgan fingerprint density at radius 1 is 1.29 bits per heavy atom. The summed E-state index contributed by atoms with van der Waals surface area (Å²) in [6, 6.07) is 8.96. The number of aryl methyl sites for hydroxylation is 1. The highest BCUT2D eigenvalue weighted by Gasteiger charge is 2.11. The third kappa shape index (κ3) is 4.17. The first-order valence-electron chi connectivity index (χ1n) is 7.23. The smallest absolute Gasteiger partial charge is 0.226 e. The zero-order valence-corrected chi connectivity index (χ0v) is 15.1. The lowest BCUT2D eigenvalue weighted by Gasteiger charge is -2.06. The number of hydrogen-bond acceptors (Lipinski definition) is 4. The van der Waals surface area contributed by atoms with E-state index in [0.29, 0.717) is 22.3 Å². The van der Waals surface area contributed by atoms with Gasteiger partial charge in [0.15, 0.2) is 10.8 Å². The fourth-order valence-electron chi connectivity index (χ4n) is 2.14. The predicted octanol–water partition coefficient (Wildman–Crippen LogP) is 4.88. The largest absolute Gasteiger partial charge is 0.459 e. The van der Waals surface area contributed by atoms with Crippen LogP contribution in [0.5, 0.6) is 0 Å². The summed E-state index contributed by atoms with van der Waals surface area (Å²) in [5.41, 5.74) is 1.53. The van der Waals surface area contributed by atoms with E-state index in [-0.39, 0.29) is 12.3 Å². The number of hydrogen-bond donors (Lipinski definition) is 1. The van der Waals surface area contributed by atoms with Crippen molar-refractivity contribution in [3.05, 3.63) is 62.8 Å². The van der Waals surface area contributed by atoms with Crippen molar-refractivity contribution in [3.63, 3.8) is 0 Å². The highest BCUT2D eigenvalue weighted by Crippen LogP contribution is 2.25. The molecule has 4 nitrogen and oxygen atoms in total. The Balaban J connectivity index is 1.58. The van der Waals surface area contributed by atoms with Crippen molar-refractivity contribution >= 4 is 40.4 Å². The molecule has 24 heavy (non-hydrogen) atoms. The number of rotatable bonds is 5. The molecular formula is C17H14Cl2N2O2S. The van der Waals surface area contributed by atoms with Crippen LogP contribution in [-0.4, -0.2) is 10.9 Å². The van der Waals surface area contributed by atoms with E-state index in [2.05, 4.69) is 10.3 Å². The van der Waals surface area contributed by atoms with Gasteiger partial charge in [-0.05, 0) is 36.8 Å². The normalized spacial score (nSPS) is 10.8. The van der Waals surface area contributed by atoms with E-state index in [1.165, 1.54) is 11.3 Å². The standard InChI is InChI=1S/C17H14Cl2N2O2S/c1-10-2-5-15(23-10)17-21-13(9-24-17)7-16(22)20-8-11-3-4-12(18)6-14(11)19/h2-6,9H,7-8H2,1H3,(H,20,22). The zero-order valence-electron chi connectivity index (χ0n) is 12.8. The summed E-state index contributed by atoms with van der Waals surface area (Å²) in [5.74, 6) is 1.44. The summed E-state index contributed by atoms with van der Waals surface area (Å²) in [4.78, 5) is 16.5. The molecule has 0 spiro atoms. The minimum atomic E-state index is -0.117. The van der Waals surface area contributed by atoms with Crippen LogP contribution in [0.15, 0.2) is 40.1 Å². The van der Waals surface area contributed by atoms with Crippen LogP contribution in [0.25, 0.3) is 10.8 Å². The summed E-state index contributed by atoms with van der Waals surface area (Å²) in [6.45, 7) is 2.23. The molecule has 7 heteroatoms. The van der Waals surface area contributed by atoms with Crippen LogP contribution in [-0.2, 0) is 17.8 Å². The van der Waals surface area contributed by atoms with Gasteiger partial charge in [-0.3, -0.25) is 4.79 Å². The van der Waals surface area contributed by atoms with Gasteiger partial charge >= 0.3 is 0 Å². The van der Waals surface area contributed by atoms with Crippen molar-refractivity contribution in [1.29, 1.82) is 0 Å². The fraction of sp³-hybridized carbons (Fsp3) is 0.176. The van der Waals surface area contributed by atoms with Gasteiger partial charge in [0, 0.05) is 22.0 Å². The van der Waals surface area contributed by atoms with Crippen molar-refractivity contribution in [3.8, 4) is 10.8 Å². The number of aromatic nitrogens is 1. The molecule has 0 aliphatic carbocycles. The molecule has 3 aromatic rings. The van der Waals surface area contributed by atoms with E-state index in [9.17, 15) is 4.79 Å². The maximum atomic E-state index is 12.1. The number of carbonyl (C=O) groups excluding carboxylic acids is 1. The van der Waals surface area contributed by atoms with Crippen LogP contribution in [0, 0.1) is 6.92 Å². The second kappa shape index (κ2) is 7.38. The maximum Gasteiger partial charge on any atom is 0.226 e. The molecule has 0 fully saturated rings. The third-order valence-corrected chi connectivity index (χ3v) is 4.83. The molecule has 1 aromatic carbocycles. The highest BCUT2D eigenvalue weighted by atomic mass is 35.5. The van der Waals surface area contributed by atoms with Gasteiger partial charge in [-0.1, -0.05) is 29.3 Å². The number of halogens is 2. The van der Waals surface area contributed by atoms with Gasteiger partial charge in [0.05, 0.1) is 12.1 Å². The maximum absolute atomic E-state index is 12.1. The molecule has 0 saturated heterocycles. The average Bonchev–Trinajstić information content (AvgIpc) is 3.15. The monoisotopic (exact) mass is 380 g/mol. The molecule has 0 unspecified atom stereocenters. The molecule has 124 valence electrons. The highest BCUT2D eigenvalue weighted by molar-refractivity contribution is 7.13. The van der Waals surface area contributed by atoms with Crippen LogP contribution in [0.1, 0.15) is 17.0 Å². The van der Waals surface area contributed by atoms with E-state index < -0.39 is 0 Å². The number of benzene rings is 1. The van der Waals surface area contributed by atoms with Crippen molar-refractivity contribution in [2.75, 3.05) is 0 Å². The Morgan fingerprint density at radius 3 is 2.83 bits per heavy atom. The lowest BCUT2D eigenvalue weighted by molar-refractivity contribution is -0.120. The van der Waals surface area contributed by atoms with Gasteiger partial charge in [-0.25, -0.2) is 4.98 Å². The van der Waals surface area contributed by atoms with Crippen LogP contribution in [0.4, 0.5) is 0 Å². The van der Waals surface area contributed by atoms with Crippen LogP contribution >= 0.6 is 34.5 Å². The van der Waals surface area contributed by atoms with E-state index in [0.717, 1.165) is 22.1 Å². The Morgan fingerprint density at radius 2 is 2.12 bits per heavy atom. The average molecular weight is 381 g/mol. The summed E-state index contributed by atoms with van der Waals surface area (Å²) in [7, 11) is 0. The topological polar surface area (TPSA) is 55.1 Å². The van der Waals surface area contributed by atoms with Crippen LogP contribution < -0.4 is 5.32 Å². The van der Waals surface area contributed by atoms with E-state index >= 15 is 0 Å². The van der Waals surface area contributed by atoms with Crippen molar-refractivity contribution in [1.82, 2.24) is 10.3 Å². The number of nitrogens with one attached hydrogen (secondary N) is 1. The number of carbonyl (C=O) groups is 1. The SMILES string of the molecule is Cc1ccc(-c2nc(CC(=O)NCc3ccc(Cl)cc3Cl)cs2)o1. The molecule has 0 aliphatic heterocycles. The van der Waals surface area contributed by atoms with Crippen molar-refractivity contribution in [2.24, 2.45) is 0 Å². The number of amides is 1. The van der Waals surface area contributed by atoms with Gasteiger partial charge in [0.25, 0.3) is 0 Å². The Labute approximate surface area is 153 Å². The Bertz CT molecular complexity index is 873. The molecule has 0 aliphatic rings. The molecule has 1 amide bonds. The molecule has 2 aromatic heterocycles. The van der Waals surface area contributed by atoms with Gasteiger partial charge in [-0.15, -0.1) is 11.3 Å². The van der Waals surface area contributed by atoms with E-state index in [4.69, 9.17) is 27.6 Å². The number of thiazole rings is 1. The molecule has 0 saturated carbocycles. The molecule has 2 heterocycles. The number of furan rings is 1. The minimum Gasteiger partial charge on any atom is -0.459 e. The van der Waals surface area contributed by atoms with Crippen molar-refractivity contribution in [2.45, 2.75) is 19.9 Å². The second-order valence-corrected chi connectivity index (χ2v) is 6.95. The molecular weight excluding hydrogens is 367 g/mol. The molecule has 3 rings (SSSR count). The summed E-state index contributed by atoms with van der Waals surface area (Å²) < 4.78 is 5.54. The molecule has 0 bridgehead atoms. The number of nitrogens with zero attached hydrogens (tertiary/aromatic N) is 1. The Hall–Kier alpha value is -1.82. The molecule has 0 atom stereocenters. The van der Waals surface area contributed by atoms with Gasteiger partial charge in [0.2, 0.25) is 5.91 Å². The summed E-state index contributed by atoms with van der Waals surface area (Å²) in [6.07, 6.45) is 0.210. The van der Waals surface area contributed by atoms with Crippen molar-refractivity contribution < 1.29 is 9.21 Å². The lowest BCUT2D eigenvalue weighted by Crippen LogP contribution is -2.24. The Kier molecular flexibility index (Phi) is 5.23. The lowest BCUT2D eigenvalue weighted by atomic mass is 10.2. The van der Waals surface area contributed by atoms with Crippen LogP contribution in [0.2, 0.25) is 10.0 Å². The van der Waals surface area contributed by atoms with Gasteiger partial charge in [-0.2, -0.15) is 0 Å². The van der Waals surface area contributed by atoms with E-state index in [1.807, 2.05) is 24.4 Å². The van der Waals surface area contributed by atoms with Gasteiger partial charge < -0.3 is 9.73 Å². The summed E-state index contributed by atoms with van der Waals surface area (Å²) >= 11 is 13.4. The van der Waals surface area contributed by atoms with Gasteiger partial charge in [0.1, 0.15) is 5.76 Å². The fourth-order valence-corrected chi connectivity index (χ4v) is 3.39. The zero-order chi connectivity index (χ0) is 17.1. The molecule has 1 N–H and O–H groups in total. The third-order valence-electron chi connectivity index (χ3n) is 3.34. The molecule has 0 radical (unpaired) electrons. The van der Waals surface area contributed by atoms with E-state index in [1.54, 1.807) is 18.2 Å².